The first-order valence-electron chi connectivity index (χ1n) is 8.35. The van der Waals surface area contributed by atoms with Crippen LogP contribution in [-0.2, 0) is 5.41 Å². The molecule has 1 aliphatic rings. The molecule has 1 fully saturated rings. The number of nitro groups is 2. The highest BCUT2D eigenvalue weighted by atomic mass is 16.6. The maximum absolute atomic E-state index is 11.0. The first-order chi connectivity index (χ1) is 12.3. The van der Waals surface area contributed by atoms with Gasteiger partial charge in [0, 0.05) is 24.3 Å². The van der Waals surface area contributed by atoms with E-state index in [2.05, 4.69) is 0 Å². The van der Waals surface area contributed by atoms with Crippen molar-refractivity contribution in [3.8, 4) is 0 Å². The summed E-state index contributed by atoms with van der Waals surface area (Å²) in [7, 11) is 0. The molecule has 0 aromatic heterocycles. The van der Waals surface area contributed by atoms with Crippen molar-refractivity contribution in [3.05, 3.63) is 79.9 Å². The normalized spacial score (nSPS) is 18.2. The van der Waals surface area contributed by atoms with Crippen molar-refractivity contribution >= 4 is 11.4 Å². The molecule has 0 atom stereocenters. The Hall–Kier alpha value is -2.84. The van der Waals surface area contributed by atoms with Crippen LogP contribution in [0.2, 0.25) is 0 Å². The Bertz CT molecular complexity index is 774. The Morgan fingerprint density at radius 3 is 1.46 bits per heavy atom. The molecule has 136 valence electrons. The van der Waals surface area contributed by atoms with E-state index in [1.165, 1.54) is 24.3 Å². The maximum atomic E-state index is 11.0. The van der Waals surface area contributed by atoms with E-state index in [4.69, 9.17) is 11.5 Å². The fourth-order valence-electron chi connectivity index (χ4n) is 3.98. The van der Waals surface area contributed by atoms with E-state index in [1.807, 2.05) is 0 Å². The van der Waals surface area contributed by atoms with E-state index in [1.54, 1.807) is 24.3 Å². The topological polar surface area (TPSA) is 138 Å². The molecule has 2 aromatic rings. The van der Waals surface area contributed by atoms with Gasteiger partial charge in [0.1, 0.15) is 0 Å². The Labute approximate surface area is 150 Å². The minimum Gasteiger partial charge on any atom is -0.312 e. The summed E-state index contributed by atoms with van der Waals surface area (Å²) in [5, 5.41) is 21.9. The minimum absolute atomic E-state index is 0.0111. The van der Waals surface area contributed by atoms with Crippen LogP contribution in [0.15, 0.2) is 48.5 Å². The molecule has 0 radical (unpaired) electrons. The summed E-state index contributed by atoms with van der Waals surface area (Å²) in [6, 6.07) is 12.5. The van der Waals surface area contributed by atoms with Crippen LogP contribution in [0.5, 0.6) is 0 Å². The third-order valence-corrected chi connectivity index (χ3v) is 5.33. The van der Waals surface area contributed by atoms with Gasteiger partial charge in [-0.15, -0.1) is 0 Å². The zero-order valence-corrected chi connectivity index (χ0v) is 14.1. The van der Waals surface area contributed by atoms with E-state index >= 15 is 0 Å². The van der Waals surface area contributed by atoms with E-state index in [9.17, 15) is 20.2 Å². The predicted octanol–water partition coefficient (Wildman–Crippen LogP) is 2.98. The second kappa shape index (κ2) is 6.47. The molecule has 3 rings (SSSR count). The van der Waals surface area contributed by atoms with Gasteiger partial charge in [-0.3, -0.25) is 20.2 Å². The molecule has 4 N–H and O–H groups in total. The molecular weight excluding hydrogens is 336 g/mol. The summed E-state index contributed by atoms with van der Waals surface area (Å²) >= 11 is 0. The Morgan fingerprint density at radius 1 is 0.731 bits per heavy atom. The number of hydrogen-bond acceptors (Lipinski definition) is 6. The van der Waals surface area contributed by atoms with Gasteiger partial charge < -0.3 is 11.5 Å². The largest absolute Gasteiger partial charge is 0.312 e. The van der Waals surface area contributed by atoms with Crippen LogP contribution in [0.25, 0.3) is 0 Å². The van der Waals surface area contributed by atoms with Crippen LogP contribution in [0.3, 0.4) is 0 Å². The average molecular weight is 356 g/mol. The molecule has 1 aliphatic carbocycles. The van der Waals surface area contributed by atoms with Crippen molar-refractivity contribution in [1.82, 2.24) is 0 Å². The molecular formula is C18H20N4O4. The molecule has 2 aromatic carbocycles. The van der Waals surface area contributed by atoms with Gasteiger partial charge in [0.05, 0.1) is 20.9 Å². The molecule has 0 bridgehead atoms. The minimum atomic E-state index is -1.07. The number of nitro benzene ring substituents is 2. The van der Waals surface area contributed by atoms with Crippen LogP contribution in [0.1, 0.15) is 36.8 Å². The summed E-state index contributed by atoms with van der Waals surface area (Å²) in [4.78, 5) is 21.0. The van der Waals surface area contributed by atoms with Gasteiger partial charge in [0.2, 0.25) is 0 Å². The number of non-ortho nitro benzene ring substituents is 2. The Kier molecular flexibility index (Phi) is 4.47. The summed E-state index contributed by atoms with van der Waals surface area (Å²) in [5.74, 6) is 0. The lowest BCUT2D eigenvalue weighted by Crippen LogP contribution is -2.66. The third kappa shape index (κ3) is 2.83. The average Bonchev–Trinajstić information content (AvgIpc) is 2.62. The molecule has 0 spiro atoms. The van der Waals surface area contributed by atoms with Crippen LogP contribution >= 0.6 is 0 Å². The lowest BCUT2D eigenvalue weighted by Gasteiger charge is -2.50. The molecule has 0 amide bonds. The maximum Gasteiger partial charge on any atom is 0.269 e. The summed E-state index contributed by atoms with van der Waals surface area (Å²) in [5.41, 5.74) is 12.7. The molecule has 8 nitrogen and oxygen atoms in total. The monoisotopic (exact) mass is 356 g/mol. The van der Waals surface area contributed by atoms with E-state index in [-0.39, 0.29) is 11.4 Å². The van der Waals surface area contributed by atoms with Crippen LogP contribution in [-0.4, -0.2) is 15.5 Å². The van der Waals surface area contributed by atoms with Gasteiger partial charge in [0.15, 0.2) is 0 Å². The van der Waals surface area contributed by atoms with Crippen LogP contribution < -0.4 is 11.5 Å². The lowest BCUT2D eigenvalue weighted by molar-refractivity contribution is -0.385. The number of benzene rings is 2. The highest BCUT2D eigenvalue weighted by Crippen LogP contribution is 2.48. The second-order valence-corrected chi connectivity index (χ2v) is 6.76. The van der Waals surface area contributed by atoms with Crippen molar-refractivity contribution in [2.75, 3.05) is 0 Å². The summed E-state index contributed by atoms with van der Waals surface area (Å²) in [6.07, 6.45) is 3.02. The zero-order valence-electron chi connectivity index (χ0n) is 14.1. The fraction of sp³-hybridized carbons (Fsp3) is 0.333. The zero-order chi connectivity index (χ0) is 18.9. The number of rotatable bonds is 4. The molecule has 0 aliphatic heterocycles. The first kappa shape index (κ1) is 18.0. The van der Waals surface area contributed by atoms with Crippen molar-refractivity contribution in [1.29, 1.82) is 0 Å². The van der Waals surface area contributed by atoms with Crippen molar-refractivity contribution in [3.63, 3.8) is 0 Å². The number of nitrogens with two attached hydrogens (primary N) is 2. The highest BCUT2D eigenvalue weighted by Gasteiger charge is 2.50. The molecule has 8 heteroatoms. The van der Waals surface area contributed by atoms with Gasteiger partial charge in [0.25, 0.3) is 11.4 Å². The molecule has 0 saturated heterocycles. The quantitative estimate of drug-likeness (QED) is 0.490. The predicted molar refractivity (Wildman–Crippen MR) is 96.5 cm³/mol. The highest BCUT2D eigenvalue weighted by molar-refractivity contribution is 5.49. The van der Waals surface area contributed by atoms with Crippen molar-refractivity contribution in [2.24, 2.45) is 11.5 Å². The van der Waals surface area contributed by atoms with Crippen molar-refractivity contribution in [2.45, 2.75) is 36.8 Å². The van der Waals surface area contributed by atoms with Gasteiger partial charge in [-0.2, -0.15) is 0 Å². The van der Waals surface area contributed by atoms with Crippen LogP contribution in [0, 0.1) is 20.2 Å². The summed E-state index contributed by atoms with van der Waals surface area (Å²) < 4.78 is 0. The van der Waals surface area contributed by atoms with Gasteiger partial charge in [-0.25, -0.2) is 0 Å². The third-order valence-electron chi connectivity index (χ3n) is 5.33. The molecule has 0 unspecified atom stereocenters. The standard InChI is InChI=1S/C18H20N4O4/c19-18(20)12-2-1-11-17(18,13-3-7-15(8-4-13)21(23)24)14-5-9-16(10-6-14)22(25)26/h3-10H,1-2,11-12,19-20H2. The van der Waals surface area contributed by atoms with Crippen molar-refractivity contribution < 1.29 is 9.85 Å². The Balaban J connectivity index is 2.16. The SMILES string of the molecule is NC1(N)CCCCC1(c1ccc([N+](=O)[O-])cc1)c1ccc([N+](=O)[O-])cc1. The van der Waals surface area contributed by atoms with E-state index < -0.39 is 20.9 Å². The van der Waals surface area contributed by atoms with E-state index in [0.29, 0.717) is 12.8 Å². The second-order valence-electron chi connectivity index (χ2n) is 6.76. The van der Waals surface area contributed by atoms with Gasteiger partial charge in [-0.1, -0.05) is 37.1 Å². The summed E-state index contributed by atoms with van der Waals surface area (Å²) in [6.45, 7) is 0. The fourth-order valence-corrected chi connectivity index (χ4v) is 3.98. The number of nitrogens with zero attached hydrogens (tertiary/aromatic N) is 2. The first-order valence-corrected chi connectivity index (χ1v) is 8.35. The van der Waals surface area contributed by atoms with E-state index in [0.717, 1.165) is 24.0 Å². The molecule has 26 heavy (non-hydrogen) atoms. The van der Waals surface area contributed by atoms with Gasteiger partial charge >= 0.3 is 0 Å². The lowest BCUT2D eigenvalue weighted by atomic mass is 9.59. The molecule has 1 saturated carbocycles. The Morgan fingerprint density at radius 2 is 1.12 bits per heavy atom. The van der Waals surface area contributed by atoms with Gasteiger partial charge in [-0.05, 0) is 24.0 Å². The smallest absolute Gasteiger partial charge is 0.269 e. The molecule has 0 heterocycles. The van der Waals surface area contributed by atoms with Crippen LogP contribution in [0.4, 0.5) is 11.4 Å². The number of hydrogen-bond donors (Lipinski definition) is 2.